The zero-order valence-electron chi connectivity index (χ0n) is 11.0. The van der Waals surface area contributed by atoms with Gasteiger partial charge in [-0.15, -0.1) is 0 Å². The van der Waals surface area contributed by atoms with Crippen molar-refractivity contribution in [1.82, 2.24) is 4.90 Å². The van der Waals surface area contributed by atoms with Crippen molar-refractivity contribution in [3.05, 3.63) is 35.4 Å². The van der Waals surface area contributed by atoms with Crippen LogP contribution in [0.15, 0.2) is 24.3 Å². The van der Waals surface area contributed by atoms with E-state index in [1.807, 2.05) is 0 Å². The fourth-order valence-corrected chi connectivity index (χ4v) is 3.88. The van der Waals surface area contributed by atoms with E-state index in [-0.39, 0.29) is 6.04 Å². The molecule has 98 valence electrons. The number of nitrogens with two attached hydrogens (primary N) is 1. The lowest BCUT2D eigenvalue weighted by Gasteiger charge is -2.43. The maximum atomic E-state index is 6.54. The van der Waals surface area contributed by atoms with E-state index in [1.54, 1.807) is 0 Å². The summed E-state index contributed by atoms with van der Waals surface area (Å²) in [5, 5.41) is 0.363. The van der Waals surface area contributed by atoms with Gasteiger partial charge in [-0.3, -0.25) is 4.90 Å². The number of likely N-dealkylation sites (tertiary alicyclic amines) is 1. The largest absolute Gasteiger partial charge is 0.323 e. The van der Waals surface area contributed by atoms with Gasteiger partial charge in [0.2, 0.25) is 0 Å². The quantitative estimate of drug-likeness (QED) is 0.762. The summed E-state index contributed by atoms with van der Waals surface area (Å²) in [5.74, 6) is 0. The highest BCUT2D eigenvalue weighted by Crippen LogP contribution is 2.50. The third-order valence-corrected chi connectivity index (χ3v) is 5.24. The van der Waals surface area contributed by atoms with Gasteiger partial charge in [-0.25, -0.2) is 0 Å². The Bertz CT molecular complexity index is 436. The lowest BCUT2D eigenvalue weighted by molar-refractivity contribution is 0.0865. The smallest absolute Gasteiger partial charge is 0.0499 e. The van der Waals surface area contributed by atoms with Crippen LogP contribution in [0.2, 0.25) is 0 Å². The van der Waals surface area contributed by atoms with Crippen molar-refractivity contribution in [3.8, 4) is 0 Å². The van der Waals surface area contributed by atoms with Crippen LogP contribution in [0.1, 0.15) is 36.9 Å². The van der Waals surface area contributed by atoms with Crippen molar-refractivity contribution in [2.75, 3.05) is 13.1 Å². The number of hydrogen-bond acceptors (Lipinski definition) is 3. The summed E-state index contributed by atoms with van der Waals surface area (Å²) in [4.78, 5) is 2.45. The minimum Gasteiger partial charge on any atom is -0.323 e. The molecule has 1 aromatic carbocycles. The van der Waals surface area contributed by atoms with Gasteiger partial charge in [-0.2, -0.15) is 12.6 Å². The van der Waals surface area contributed by atoms with Crippen molar-refractivity contribution in [2.24, 2.45) is 11.1 Å². The molecule has 3 heteroatoms. The van der Waals surface area contributed by atoms with Crippen LogP contribution in [0.25, 0.3) is 0 Å². The first-order chi connectivity index (χ1) is 8.62. The Hall–Kier alpha value is -0.510. The molecule has 1 saturated heterocycles. The van der Waals surface area contributed by atoms with Crippen LogP contribution in [0, 0.1) is 5.41 Å². The first kappa shape index (κ1) is 12.5. The van der Waals surface area contributed by atoms with Gasteiger partial charge in [0.15, 0.2) is 0 Å². The predicted molar refractivity (Wildman–Crippen MR) is 78.8 cm³/mol. The van der Waals surface area contributed by atoms with E-state index in [2.05, 4.69) is 48.7 Å². The number of thiol groups is 1. The van der Waals surface area contributed by atoms with Crippen LogP contribution >= 0.6 is 12.6 Å². The second kappa shape index (κ2) is 4.55. The summed E-state index contributed by atoms with van der Waals surface area (Å²) in [7, 11) is 0. The molecule has 1 aromatic rings. The molecule has 0 aromatic heterocycles. The molecule has 0 saturated carbocycles. The molecule has 1 fully saturated rings. The molecule has 1 spiro atoms. The summed E-state index contributed by atoms with van der Waals surface area (Å²) in [5.41, 5.74) is 9.70. The van der Waals surface area contributed by atoms with Crippen molar-refractivity contribution >= 4 is 12.6 Å². The molecule has 18 heavy (non-hydrogen) atoms. The Morgan fingerprint density at radius 3 is 2.61 bits per heavy atom. The Labute approximate surface area is 115 Å². The molecule has 0 radical (unpaired) electrons. The van der Waals surface area contributed by atoms with Crippen LogP contribution in [0.4, 0.5) is 0 Å². The van der Waals surface area contributed by atoms with E-state index in [0.717, 1.165) is 13.1 Å². The van der Waals surface area contributed by atoms with Gasteiger partial charge in [0.1, 0.15) is 0 Å². The average Bonchev–Trinajstić information content (AvgIpc) is 2.64. The van der Waals surface area contributed by atoms with Gasteiger partial charge in [-0.05, 0) is 55.8 Å². The third-order valence-electron chi connectivity index (χ3n) is 4.91. The normalized spacial score (nSPS) is 28.3. The molecule has 1 unspecified atom stereocenters. The number of nitrogens with zero attached hydrogens (tertiary/aromatic N) is 1. The van der Waals surface area contributed by atoms with E-state index in [1.165, 1.54) is 30.4 Å². The summed E-state index contributed by atoms with van der Waals surface area (Å²) in [6.45, 7) is 4.42. The Morgan fingerprint density at radius 2 is 2.00 bits per heavy atom. The molecule has 2 N–H and O–H groups in total. The summed E-state index contributed by atoms with van der Waals surface area (Å²) in [6, 6.07) is 8.93. The average molecular weight is 262 g/mol. The maximum Gasteiger partial charge on any atom is 0.0499 e. The van der Waals surface area contributed by atoms with Crippen molar-refractivity contribution in [2.45, 2.75) is 37.6 Å². The molecule has 2 atom stereocenters. The number of benzene rings is 1. The molecular weight excluding hydrogens is 240 g/mol. The summed E-state index contributed by atoms with van der Waals surface area (Å²) in [6.07, 6.45) is 3.57. The summed E-state index contributed by atoms with van der Waals surface area (Å²) >= 11 is 4.54. The Balaban J connectivity index is 1.80. The molecule has 0 amide bonds. The number of piperidine rings is 1. The summed E-state index contributed by atoms with van der Waals surface area (Å²) < 4.78 is 0. The molecule has 1 heterocycles. The van der Waals surface area contributed by atoms with E-state index in [9.17, 15) is 0 Å². The van der Waals surface area contributed by atoms with E-state index >= 15 is 0 Å². The topological polar surface area (TPSA) is 29.3 Å². The van der Waals surface area contributed by atoms with Crippen molar-refractivity contribution < 1.29 is 0 Å². The number of hydrogen-bond donors (Lipinski definition) is 2. The monoisotopic (exact) mass is 262 g/mol. The van der Waals surface area contributed by atoms with Crippen LogP contribution in [-0.4, -0.2) is 23.4 Å². The molecular formula is C15H22N2S. The molecule has 0 bridgehead atoms. The second-order valence-corrected chi connectivity index (χ2v) is 6.63. The van der Waals surface area contributed by atoms with Gasteiger partial charge in [-0.1, -0.05) is 24.3 Å². The minimum atomic E-state index is 0.228. The molecule has 1 aliphatic carbocycles. The highest BCUT2D eigenvalue weighted by Gasteiger charge is 2.45. The minimum absolute atomic E-state index is 0.228. The van der Waals surface area contributed by atoms with Crippen LogP contribution in [0.5, 0.6) is 0 Å². The van der Waals surface area contributed by atoms with E-state index < -0.39 is 0 Å². The fraction of sp³-hybridized carbons (Fsp3) is 0.600. The molecule has 1 aliphatic heterocycles. The highest BCUT2D eigenvalue weighted by molar-refractivity contribution is 7.80. The van der Waals surface area contributed by atoms with Gasteiger partial charge >= 0.3 is 0 Å². The van der Waals surface area contributed by atoms with E-state index in [0.29, 0.717) is 10.8 Å². The number of rotatable bonds is 1. The lowest BCUT2D eigenvalue weighted by atomic mass is 9.73. The van der Waals surface area contributed by atoms with Gasteiger partial charge in [0, 0.05) is 11.4 Å². The Kier molecular flexibility index (Phi) is 3.16. The fourth-order valence-electron chi connectivity index (χ4n) is 3.65. The molecule has 2 nitrogen and oxygen atoms in total. The van der Waals surface area contributed by atoms with Crippen molar-refractivity contribution in [1.29, 1.82) is 0 Å². The first-order valence-electron chi connectivity index (χ1n) is 6.88. The van der Waals surface area contributed by atoms with Gasteiger partial charge in [0.25, 0.3) is 0 Å². The standard InChI is InChI=1S/C15H22N2S/c1-11(18)17-8-6-15(7-9-17)10-12-4-2-3-5-13(12)14(15)16/h2-5,11,14,18H,6-10,16H2,1H3/t11?,14-/m1/s1. The van der Waals surface area contributed by atoms with Crippen molar-refractivity contribution in [3.63, 3.8) is 0 Å². The number of fused-ring (bicyclic) bond motifs is 1. The molecule has 2 aliphatic rings. The molecule has 3 rings (SSSR count). The van der Waals surface area contributed by atoms with Crippen LogP contribution < -0.4 is 5.73 Å². The maximum absolute atomic E-state index is 6.54. The van der Waals surface area contributed by atoms with Gasteiger partial charge < -0.3 is 5.73 Å². The third kappa shape index (κ3) is 1.89. The lowest BCUT2D eigenvalue weighted by Crippen LogP contribution is -2.46. The Morgan fingerprint density at radius 1 is 1.33 bits per heavy atom. The SMILES string of the molecule is CC(S)N1CCC2(CC1)Cc1ccccc1[C@H]2N. The van der Waals surface area contributed by atoms with Crippen LogP contribution in [0.3, 0.4) is 0 Å². The first-order valence-corrected chi connectivity index (χ1v) is 7.39. The van der Waals surface area contributed by atoms with E-state index in [4.69, 9.17) is 5.73 Å². The zero-order chi connectivity index (χ0) is 12.8. The predicted octanol–water partition coefficient (Wildman–Crippen LogP) is 2.60. The zero-order valence-corrected chi connectivity index (χ0v) is 11.9. The van der Waals surface area contributed by atoms with Crippen LogP contribution in [-0.2, 0) is 6.42 Å². The second-order valence-electron chi connectivity index (χ2n) is 5.88. The highest BCUT2D eigenvalue weighted by atomic mass is 32.1. The van der Waals surface area contributed by atoms with Gasteiger partial charge in [0.05, 0.1) is 0 Å².